The molecule has 4 atom stereocenters. The van der Waals surface area contributed by atoms with Gasteiger partial charge in [-0.05, 0) is 37.0 Å². The first kappa shape index (κ1) is 27.2. The molecule has 1 aromatic rings. The van der Waals surface area contributed by atoms with Gasteiger partial charge in [0.15, 0.2) is 0 Å². The molecule has 0 aromatic heterocycles. The third kappa shape index (κ3) is 6.65. The number of halogens is 3. The van der Waals surface area contributed by atoms with Crippen molar-refractivity contribution in [3.63, 3.8) is 0 Å². The lowest BCUT2D eigenvalue weighted by atomic mass is 9.93. The van der Waals surface area contributed by atoms with E-state index in [-0.39, 0.29) is 42.9 Å². The first-order valence-electron chi connectivity index (χ1n) is 12.0. The maximum atomic E-state index is 13.1. The van der Waals surface area contributed by atoms with Crippen molar-refractivity contribution in [2.24, 2.45) is 5.92 Å². The summed E-state index contributed by atoms with van der Waals surface area (Å²) in [4.78, 5) is 28.6. The molecule has 0 saturated carbocycles. The molecule has 0 bridgehead atoms. The number of nitrogens with one attached hydrogen (secondary N) is 2. The van der Waals surface area contributed by atoms with Crippen LogP contribution in [0.2, 0.25) is 0 Å². The molecule has 11 heteroatoms. The van der Waals surface area contributed by atoms with E-state index in [1.165, 1.54) is 19.2 Å². The summed E-state index contributed by atoms with van der Waals surface area (Å²) in [5.74, 6) is -0.0681. The van der Waals surface area contributed by atoms with Crippen molar-refractivity contribution in [3.8, 4) is 5.75 Å². The topological polar surface area (TPSA) is 94.1 Å². The van der Waals surface area contributed by atoms with Gasteiger partial charge >= 0.3 is 12.2 Å². The number of imide groups is 1. The van der Waals surface area contributed by atoms with Gasteiger partial charge in [0.1, 0.15) is 24.6 Å². The van der Waals surface area contributed by atoms with Crippen molar-refractivity contribution in [1.82, 2.24) is 20.4 Å². The Labute approximate surface area is 203 Å². The molecule has 0 radical (unpaired) electrons. The fourth-order valence-corrected chi connectivity index (χ4v) is 4.60. The number of ether oxygens (including phenoxy) is 1. The van der Waals surface area contributed by atoms with Gasteiger partial charge in [-0.1, -0.05) is 32.8 Å². The maximum Gasteiger partial charge on any atom is 0.416 e. The molecule has 8 nitrogen and oxygen atoms in total. The largest absolute Gasteiger partial charge is 0.492 e. The zero-order chi connectivity index (χ0) is 25.8. The third-order valence-electron chi connectivity index (χ3n) is 6.37. The number of amides is 3. The van der Waals surface area contributed by atoms with Gasteiger partial charge in [-0.25, -0.2) is 4.79 Å². The third-order valence-corrected chi connectivity index (χ3v) is 6.37. The van der Waals surface area contributed by atoms with Crippen LogP contribution in [0.4, 0.5) is 18.0 Å². The number of fused-ring (bicyclic) bond motifs is 1. The number of aliphatic hydroxyl groups is 1. The molecule has 3 N–H and O–H groups in total. The number of unbranched alkanes of at least 4 members (excludes halogenated alkanes) is 2. The second-order valence-electron chi connectivity index (χ2n) is 9.60. The van der Waals surface area contributed by atoms with Gasteiger partial charge in [-0.3, -0.25) is 20.3 Å². The second-order valence-corrected chi connectivity index (χ2v) is 9.60. The van der Waals surface area contributed by atoms with Gasteiger partial charge in [0.2, 0.25) is 0 Å². The fraction of sp³-hybridized carbons (Fsp3) is 0.667. The van der Waals surface area contributed by atoms with Gasteiger partial charge in [-0.2, -0.15) is 13.2 Å². The maximum absolute atomic E-state index is 13.1. The molecule has 35 heavy (non-hydrogen) atoms. The SMILES string of the molecule is CC(C)CN1C(=O)N(C)C(=O)C2NC(CCCCCO)C(COc3cccc(C(F)(F)F)c3)NC21. The summed E-state index contributed by atoms with van der Waals surface area (Å²) in [5, 5.41) is 15.9. The number of piperazine rings is 1. The number of alkyl halides is 3. The van der Waals surface area contributed by atoms with Gasteiger partial charge < -0.3 is 14.7 Å². The van der Waals surface area contributed by atoms with E-state index >= 15 is 0 Å². The molecule has 2 saturated heterocycles. The van der Waals surface area contributed by atoms with Crippen molar-refractivity contribution in [1.29, 1.82) is 0 Å². The number of nitrogens with zero attached hydrogens (tertiary/aromatic N) is 2. The van der Waals surface area contributed by atoms with Crippen molar-refractivity contribution in [3.05, 3.63) is 29.8 Å². The highest BCUT2D eigenvalue weighted by Gasteiger charge is 2.50. The molecular weight excluding hydrogens is 465 g/mol. The van der Waals surface area contributed by atoms with Crippen LogP contribution >= 0.6 is 0 Å². The van der Waals surface area contributed by atoms with E-state index in [2.05, 4.69) is 10.6 Å². The fourth-order valence-electron chi connectivity index (χ4n) is 4.60. The monoisotopic (exact) mass is 500 g/mol. The first-order valence-corrected chi connectivity index (χ1v) is 12.0. The van der Waals surface area contributed by atoms with Crippen molar-refractivity contribution < 1.29 is 32.6 Å². The first-order chi connectivity index (χ1) is 16.5. The van der Waals surface area contributed by atoms with E-state index in [0.717, 1.165) is 29.9 Å². The number of carbonyl (C=O) groups excluding carboxylic acids is 2. The standard InChI is InChI=1S/C24H35F3N4O4/c1-15(2)13-31-21-20(22(33)30(3)23(31)34)28-18(10-5-4-6-11-32)19(29-21)14-35-17-9-7-8-16(12-17)24(25,26)27/h7-9,12,15,18-21,28-29,32H,4-6,10-11,13-14H2,1-3H3. The number of hydrogen-bond donors (Lipinski definition) is 3. The Morgan fingerprint density at radius 3 is 2.51 bits per heavy atom. The number of rotatable bonds is 10. The lowest BCUT2D eigenvalue weighted by Crippen LogP contribution is -2.79. The van der Waals surface area contributed by atoms with Gasteiger partial charge in [-0.15, -0.1) is 0 Å². The Balaban J connectivity index is 1.80. The molecule has 1 aromatic carbocycles. The second kappa shape index (κ2) is 11.6. The van der Waals surface area contributed by atoms with Crippen LogP contribution in [0.25, 0.3) is 0 Å². The van der Waals surface area contributed by atoms with Gasteiger partial charge in [0.05, 0.1) is 11.6 Å². The zero-order valence-corrected chi connectivity index (χ0v) is 20.3. The highest BCUT2D eigenvalue weighted by Crippen LogP contribution is 2.31. The van der Waals surface area contributed by atoms with Crippen molar-refractivity contribution in [2.45, 2.75) is 70.0 Å². The lowest BCUT2D eigenvalue weighted by molar-refractivity contribution is -0.138. The van der Waals surface area contributed by atoms with E-state index in [0.29, 0.717) is 19.4 Å². The molecule has 0 aliphatic carbocycles. The summed E-state index contributed by atoms with van der Waals surface area (Å²) in [5.41, 5.74) is -0.792. The molecular formula is C24H35F3N4O4. The van der Waals surface area contributed by atoms with E-state index in [9.17, 15) is 22.8 Å². The van der Waals surface area contributed by atoms with E-state index < -0.39 is 30.0 Å². The van der Waals surface area contributed by atoms with Crippen LogP contribution in [0.3, 0.4) is 0 Å². The average molecular weight is 501 g/mol. The summed E-state index contributed by atoms with van der Waals surface area (Å²) in [7, 11) is 1.47. The van der Waals surface area contributed by atoms with E-state index in [1.54, 1.807) is 4.90 Å². The number of hydrogen-bond acceptors (Lipinski definition) is 6. The molecule has 2 heterocycles. The van der Waals surface area contributed by atoms with E-state index in [4.69, 9.17) is 9.84 Å². The van der Waals surface area contributed by atoms with E-state index in [1.807, 2.05) is 13.8 Å². The summed E-state index contributed by atoms with van der Waals surface area (Å²) in [6, 6.07) is 3.10. The van der Waals surface area contributed by atoms with Crippen LogP contribution in [-0.2, 0) is 11.0 Å². The molecule has 3 rings (SSSR count). The summed E-state index contributed by atoms with van der Waals surface area (Å²) >= 11 is 0. The Kier molecular flexibility index (Phi) is 9.00. The quantitative estimate of drug-likeness (QED) is 0.428. The molecule has 0 spiro atoms. The van der Waals surface area contributed by atoms with Crippen LogP contribution < -0.4 is 15.4 Å². The molecule has 4 unspecified atom stereocenters. The van der Waals surface area contributed by atoms with Crippen LogP contribution in [0.15, 0.2) is 24.3 Å². The number of urea groups is 1. The minimum Gasteiger partial charge on any atom is -0.492 e. The number of carbonyl (C=O) groups is 2. The number of likely N-dealkylation sites (N-methyl/N-ethyl adjacent to an activating group) is 1. The predicted octanol–water partition coefficient (Wildman–Crippen LogP) is 2.81. The highest BCUT2D eigenvalue weighted by atomic mass is 19.4. The predicted molar refractivity (Wildman–Crippen MR) is 124 cm³/mol. The van der Waals surface area contributed by atoms with Crippen LogP contribution in [0, 0.1) is 5.92 Å². The molecule has 2 aliphatic rings. The smallest absolute Gasteiger partial charge is 0.416 e. The number of aliphatic hydroxyl groups excluding tert-OH is 1. The minimum absolute atomic E-state index is 0.0515. The molecule has 2 aliphatic heterocycles. The minimum atomic E-state index is -4.47. The van der Waals surface area contributed by atoms with Crippen LogP contribution in [-0.4, -0.2) is 77.9 Å². The Morgan fingerprint density at radius 1 is 1.11 bits per heavy atom. The Morgan fingerprint density at radius 2 is 1.86 bits per heavy atom. The summed E-state index contributed by atoms with van der Waals surface area (Å²) < 4.78 is 45.1. The highest BCUT2D eigenvalue weighted by molar-refractivity contribution is 6.00. The molecule has 3 amide bonds. The van der Waals surface area contributed by atoms with Gasteiger partial charge in [0, 0.05) is 26.2 Å². The Hall–Kier alpha value is -2.37. The molecule has 2 fully saturated rings. The van der Waals surface area contributed by atoms with Crippen LogP contribution in [0.5, 0.6) is 5.75 Å². The molecule has 196 valence electrons. The summed E-state index contributed by atoms with van der Waals surface area (Å²) in [6.07, 6.45) is -2.15. The van der Waals surface area contributed by atoms with Crippen LogP contribution in [0.1, 0.15) is 45.1 Å². The Bertz CT molecular complexity index is 883. The number of benzene rings is 1. The van der Waals surface area contributed by atoms with Crippen molar-refractivity contribution >= 4 is 11.9 Å². The van der Waals surface area contributed by atoms with Gasteiger partial charge in [0.25, 0.3) is 5.91 Å². The van der Waals surface area contributed by atoms with Crippen molar-refractivity contribution in [2.75, 3.05) is 26.8 Å². The average Bonchev–Trinajstić information content (AvgIpc) is 2.81. The normalized spacial score (nSPS) is 25.3. The summed E-state index contributed by atoms with van der Waals surface area (Å²) in [6.45, 7) is 4.55. The lowest BCUT2D eigenvalue weighted by Gasteiger charge is -2.51. The zero-order valence-electron chi connectivity index (χ0n) is 20.3.